The highest BCUT2D eigenvalue weighted by molar-refractivity contribution is 6.00. The molecular weight excluding hydrogens is 195 g/mol. The Morgan fingerprint density at radius 3 is 2.60 bits per heavy atom. The van der Waals surface area contributed by atoms with Crippen LogP contribution in [0.1, 0.15) is 31.1 Å². The Bertz CT molecular complexity index is 371. The first kappa shape index (κ1) is 11.8. The summed E-state index contributed by atoms with van der Waals surface area (Å²) < 4.78 is 13.2. The highest BCUT2D eigenvalue weighted by Gasteiger charge is 2.29. The molecule has 0 aliphatic rings. The fraction of sp³-hybridized carbons (Fsp3) is 0.455. The summed E-state index contributed by atoms with van der Waals surface area (Å²) in [5.74, 6) is -1.01. The van der Waals surface area contributed by atoms with Gasteiger partial charge in [0, 0.05) is 6.20 Å². The van der Waals surface area contributed by atoms with E-state index >= 15 is 0 Å². The van der Waals surface area contributed by atoms with E-state index in [1.165, 1.54) is 12.3 Å². The Balaban J connectivity index is 3.01. The molecule has 3 nitrogen and oxygen atoms in total. The van der Waals surface area contributed by atoms with Crippen LogP contribution in [-0.4, -0.2) is 16.8 Å². The summed E-state index contributed by atoms with van der Waals surface area (Å²) in [6.07, 6.45) is 2.40. The number of pyridine rings is 1. The Morgan fingerprint density at radius 2 is 2.13 bits per heavy atom. The van der Waals surface area contributed by atoms with Crippen molar-refractivity contribution in [1.29, 1.82) is 0 Å². The van der Waals surface area contributed by atoms with Crippen LogP contribution < -0.4 is 5.73 Å². The topological polar surface area (TPSA) is 56.0 Å². The number of rotatable bonds is 2. The van der Waals surface area contributed by atoms with Crippen molar-refractivity contribution in [2.24, 2.45) is 11.1 Å². The monoisotopic (exact) mass is 210 g/mol. The molecule has 0 bridgehead atoms. The second-order valence-electron chi connectivity index (χ2n) is 4.56. The summed E-state index contributed by atoms with van der Waals surface area (Å²) in [5.41, 5.74) is 5.38. The molecule has 1 aromatic heterocycles. The summed E-state index contributed by atoms with van der Waals surface area (Å²) in [7, 11) is 0. The van der Waals surface area contributed by atoms with E-state index in [9.17, 15) is 9.18 Å². The number of carbonyl (C=O) groups is 1. The van der Waals surface area contributed by atoms with Gasteiger partial charge in [-0.15, -0.1) is 0 Å². The van der Waals surface area contributed by atoms with Crippen molar-refractivity contribution < 1.29 is 9.18 Å². The molecule has 15 heavy (non-hydrogen) atoms. The van der Waals surface area contributed by atoms with Gasteiger partial charge in [-0.05, 0) is 11.5 Å². The van der Waals surface area contributed by atoms with Crippen molar-refractivity contribution in [1.82, 2.24) is 4.98 Å². The van der Waals surface area contributed by atoms with E-state index in [2.05, 4.69) is 4.98 Å². The minimum absolute atomic E-state index is 0.00688. The number of hydrogen-bond donors (Lipinski definition) is 1. The maximum atomic E-state index is 13.2. The van der Waals surface area contributed by atoms with Crippen molar-refractivity contribution in [3.63, 3.8) is 0 Å². The Labute approximate surface area is 88.5 Å². The molecule has 0 saturated carbocycles. The molecule has 0 spiro atoms. The summed E-state index contributed by atoms with van der Waals surface area (Å²) in [6, 6.07) is 0.637. The third kappa shape index (κ3) is 2.59. The second-order valence-corrected chi connectivity index (χ2v) is 4.56. The van der Waals surface area contributed by atoms with Crippen LogP contribution >= 0.6 is 0 Å². The summed E-state index contributed by atoms with van der Waals surface area (Å²) in [5, 5.41) is 0. The van der Waals surface area contributed by atoms with Gasteiger partial charge in [-0.1, -0.05) is 20.8 Å². The van der Waals surface area contributed by atoms with Gasteiger partial charge >= 0.3 is 0 Å². The zero-order valence-electron chi connectivity index (χ0n) is 9.12. The van der Waals surface area contributed by atoms with E-state index in [-0.39, 0.29) is 16.8 Å². The van der Waals surface area contributed by atoms with E-state index in [0.717, 1.165) is 6.20 Å². The molecule has 1 rings (SSSR count). The first-order valence-electron chi connectivity index (χ1n) is 4.73. The standard InChI is InChI=1S/C11H15FN2O/c1-11(2,3)10(13)9(15)7-4-5-14-6-8(7)12/h4-6,10H,13H2,1-3H3. The van der Waals surface area contributed by atoms with E-state index < -0.39 is 11.9 Å². The smallest absolute Gasteiger partial charge is 0.183 e. The molecule has 0 fully saturated rings. The molecule has 1 atom stereocenters. The highest BCUT2D eigenvalue weighted by Crippen LogP contribution is 2.21. The molecule has 0 aromatic carbocycles. The fourth-order valence-corrected chi connectivity index (χ4v) is 1.14. The number of ketones is 1. The molecule has 1 aromatic rings. The lowest BCUT2D eigenvalue weighted by atomic mass is 9.83. The predicted octanol–water partition coefficient (Wildman–Crippen LogP) is 1.78. The minimum atomic E-state index is -0.714. The molecule has 0 aliphatic carbocycles. The minimum Gasteiger partial charge on any atom is -0.321 e. The van der Waals surface area contributed by atoms with Crippen LogP contribution in [0, 0.1) is 11.2 Å². The van der Waals surface area contributed by atoms with Crippen LogP contribution in [0.25, 0.3) is 0 Å². The molecule has 1 heterocycles. The van der Waals surface area contributed by atoms with Crippen LogP contribution in [0.15, 0.2) is 18.5 Å². The molecule has 0 saturated heterocycles. The van der Waals surface area contributed by atoms with Gasteiger partial charge in [-0.3, -0.25) is 9.78 Å². The van der Waals surface area contributed by atoms with Gasteiger partial charge in [0.1, 0.15) is 0 Å². The number of halogens is 1. The van der Waals surface area contributed by atoms with Gasteiger partial charge in [-0.25, -0.2) is 4.39 Å². The lowest BCUT2D eigenvalue weighted by Crippen LogP contribution is -2.42. The lowest BCUT2D eigenvalue weighted by molar-refractivity contribution is 0.0897. The Morgan fingerprint density at radius 1 is 1.53 bits per heavy atom. The van der Waals surface area contributed by atoms with Gasteiger partial charge in [0.25, 0.3) is 0 Å². The second kappa shape index (κ2) is 4.06. The molecule has 0 radical (unpaired) electrons. The van der Waals surface area contributed by atoms with Gasteiger partial charge in [0.15, 0.2) is 11.6 Å². The number of hydrogen-bond acceptors (Lipinski definition) is 3. The summed E-state index contributed by atoms with van der Waals surface area (Å²) in [4.78, 5) is 15.4. The van der Waals surface area contributed by atoms with Crippen molar-refractivity contribution in [3.8, 4) is 0 Å². The van der Waals surface area contributed by atoms with Gasteiger partial charge in [-0.2, -0.15) is 0 Å². The van der Waals surface area contributed by atoms with Crippen LogP contribution in [0.5, 0.6) is 0 Å². The Hall–Kier alpha value is -1.29. The molecule has 2 N–H and O–H groups in total. The van der Waals surface area contributed by atoms with Crippen LogP contribution in [0.3, 0.4) is 0 Å². The zero-order valence-corrected chi connectivity index (χ0v) is 9.12. The predicted molar refractivity (Wildman–Crippen MR) is 56.0 cm³/mol. The molecular formula is C11H15FN2O. The average Bonchev–Trinajstić information content (AvgIpc) is 2.15. The number of carbonyl (C=O) groups excluding carboxylic acids is 1. The third-order valence-electron chi connectivity index (χ3n) is 2.25. The van der Waals surface area contributed by atoms with E-state index in [4.69, 9.17) is 5.73 Å². The van der Waals surface area contributed by atoms with Gasteiger partial charge < -0.3 is 5.73 Å². The summed E-state index contributed by atoms with van der Waals surface area (Å²) >= 11 is 0. The van der Waals surface area contributed by atoms with Crippen molar-refractivity contribution in [3.05, 3.63) is 29.8 Å². The third-order valence-corrected chi connectivity index (χ3v) is 2.25. The van der Waals surface area contributed by atoms with Crippen LogP contribution in [-0.2, 0) is 0 Å². The molecule has 1 unspecified atom stereocenters. The maximum Gasteiger partial charge on any atom is 0.183 e. The molecule has 0 amide bonds. The number of nitrogens with zero attached hydrogens (tertiary/aromatic N) is 1. The van der Waals surface area contributed by atoms with E-state index in [1.807, 2.05) is 20.8 Å². The fourth-order valence-electron chi connectivity index (χ4n) is 1.14. The van der Waals surface area contributed by atoms with Crippen molar-refractivity contribution >= 4 is 5.78 Å². The zero-order chi connectivity index (χ0) is 11.6. The van der Waals surface area contributed by atoms with Crippen LogP contribution in [0.2, 0.25) is 0 Å². The quantitative estimate of drug-likeness (QED) is 0.757. The van der Waals surface area contributed by atoms with Crippen molar-refractivity contribution in [2.45, 2.75) is 26.8 Å². The average molecular weight is 210 g/mol. The lowest BCUT2D eigenvalue weighted by Gasteiger charge is -2.25. The van der Waals surface area contributed by atoms with Gasteiger partial charge in [0.2, 0.25) is 0 Å². The largest absolute Gasteiger partial charge is 0.321 e. The van der Waals surface area contributed by atoms with E-state index in [1.54, 1.807) is 0 Å². The number of Topliss-reactive ketones (excluding diaryl/α,β-unsaturated/α-hetero) is 1. The number of aromatic nitrogens is 1. The SMILES string of the molecule is CC(C)(C)C(N)C(=O)c1ccncc1F. The molecule has 4 heteroatoms. The highest BCUT2D eigenvalue weighted by atomic mass is 19.1. The van der Waals surface area contributed by atoms with Crippen molar-refractivity contribution in [2.75, 3.05) is 0 Å². The van der Waals surface area contributed by atoms with Gasteiger partial charge in [0.05, 0.1) is 17.8 Å². The normalized spacial score (nSPS) is 13.7. The van der Waals surface area contributed by atoms with Crippen LogP contribution in [0.4, 0.5) is 4.39 Å². The Kier molecular flexibility index (Phi) is 3.19. The van der Waals surface area contributed by atoms with E-state index in [0.29, 0.717) is 0 Å². The summed E-state index contributed by atoms with van der Waals surface area (Å²) in [6.45, 7) is 5.53. The maximum absolute atomic E-state index is 13.2. The first-order chi connectivity index (χ1) is 6.84. The first-order valence-corrected chi connectivity index (χ1v) is 4.73. The molecule has 0 aliphatic heterocycles. The molecule has 82 valence electrons. The number of nitrogens with two attached hydrogens (primary N) is 1.